The largest absolute Gasteiger partial charge is 0.489 e. The molecule has 0 atom stereocenters. The van der Waals surface area contributed by atoms with Gasteiger partial charge in [-0.15, -0.1) is 0 Å². The Labute approximate surface area is 98.4 Å². The zero-order valence-corrected chi connectivity index (χ0v) is 9.61. The number of nitrogens with two attached hydrogens (primary N) is 1. The van der Waals surface area contributed by atoms with Crippen molar-refractivity contribution < 1.29 is 23.1 Å². The van der Waals surface area contributed by atoms with Crippen LogP contribution >= 0.6 is 0 Å². The maximum Gasteiger partial charge on any atom is 0.334 e. The fraction of sp³-hybridized carbons (Fsp3) is 0.100. The van der Waals surface area contributed by atoms with E-state index in [0.29, 0.717) is 5.75 Å². The predicted molar refractivity (Wildman–Crippen MR) is 60.1 cm³/mol. The van der Waals surface area contributed by atoms with Crippen LogP contribution in [0.3, 0.4) is 0 Å². The van der Waals surface area contributed by atoms with E-state index in [1.807, 2.05) is 0 Å². The molecule has 0 aliphatic carbocycles. The topological polar surface area (TPSA) is 107 Å². The molecule has 0 heterocycles. The maximum absolute atomic E-state index is 10.9. The lowest BCUT2D eigenvalue weighted by Crippen LogP contribution is -2.12. The Balaban J connectivity index is 2.70. The van der Waals surface area contributed by atoms with Gasteiger partial charge in [-0.3, -0.25) is 0 Å². The number of hydrogen-bond donors (Lipinski definition) is 2. The van der Waals surface area contributed by atoms with Crippen molar-refractivity contribution >= 4 is 16.0 Å². The summed E-state index contributed by atoms with van der Waals surface area (Å²) < 4.78 is 27.0. The van der Waals surface area contributed by atoms with Crippen molar-refractivity contribution in [3.8, 4) is 5.75 Å². The molecule has 0 aliphatic heterocycles. The molecule has 3 N–H and O–H groups in total. The summed E-state index contributed by atoms with van der Waals surface area (Å²) in [7, 11) is -3.73. The average Bonchev–Trinajstić information content (AvgIpc) is 2.25. The van der Waals surface area contributed by atoms with Gasteiger partial charge in [-0.1, -0.05) is 6.58 Å². The number of carbonyl (C=O) groups is 1. The minimum absolute atomic E-state index is 0.0399. The van der Waals surface area contributed by atoms with Crippen LogP contribution in [0.25, 0.3) is 0 Å². The molecule has 0 unspecified atom stereocenters. The molecule has 0 fully saturated rings. The minimum atomic E-state index is -3.73. The molecule has 0 spiro atoms. The van der Waals surface area contributed by atoms with Crippen LogP contribution in [-0.4, -0.2) is 26.1 Å². The normalized spacial score (nSPS) is 10.9. The van der Waals surface area contributed by atoms with Crippen molar-refractivity contribution in [3.05, 3.63) is 36.4 Å². The molecule has 0 aromatic heterocycles. The zero-order chi connectivity index (χ0) is 13.1. The first-order valence-electron chi connectivity index (χ1n) is 4.47. The van der Waals surface area contributed by atoms with Crippen LogP contribution in [-0.2, 0) is 14.8 Å². The molecule has 0 saturated heterocycles. The Morgan fingerprint density at radius 3 is 2.29 bits per heavy atom. The van der Waals surface area contributed by atoms with Gasteiger partial charge in [-0.25, -0.2) is 18.4 Å². The first-order valence-corrected chi connectivity index (χ1v) is 6.02. The number of aliphatic carboxylic acids is 1. The molecule has 7 heteroatoms. The number of ether oxygens (including phenoxy) is 1. The van der Waals surface area contributed by atoms with E-state index in [-0.39, 0.29) is 17.1 Å². The third-order valence-corrected chi connectivity index (χ3v) is 2.80. The minimum Gasteiger partial charge on any atom is -0.489 e. The average molecular weight is 257 g/mol. The number of carboxylic acids is 1. The van der Waals surface area contributed by atoms with E-state index in [1.165, 1.54) is 24.3 Å². The van der Waals surface area contributed by atoms with Crippen molar-refractivity contribution in [1.29, 1.82) is 0 Å². The lowest BCUT2D eigenvalue weighted by atomic mass is 10.3. The maximum atomic E-state index is 10.9. The molecular formula is C10H11NO5S. The summed E-state index contributed by atoms with van der Waals surface area (Å²) in [5.74, 6) is -0.814. The second kappa shape index (κ2) is 4.98. The van der Waals surface area contributed by atoms with Gasteiger partial charge >= 0.3 is 5.97 Å². The molecule has 0 radical (unpaired) electrons. The summed E-state index contributed by atoms with van der Waals surface area (Å²) in [6, 6.07) is 5.31. The van der Waals surface area contributed by atoms with E-state index in [2.05, 4.69) is 6.58 Å². The summed E-state index contributed by atoms with van der Waals surface area (Å²) in [6.45, 7) is 3.11. The van der Waals surface area contributed by atoms with Crippen LogP contribution < -0.4 is 9.88 Å². The lowest BCUT2D eigenvalue weighted by molar-refractivity contribution is -0.133. The van der Waals surface area contributed by atoms with Crippen LogP contribution in [0.2, 0.25) is 0 Å². The highest BCUT2D eigenvalue weighted by atomic mass is 32.2. The molecule has 17 heavy (non-hydrogen) atoms. The third-order valence-electron chi connectivity index (χ3n) is 1.87. The van der Waals surface area contributed by atoms with Gasteiger partial charge in [0.1, 0.15) is 12.4 Å². The molecule has 0 aliphatic rings. The fourth-order valence-corrected chi connectivity index (χ4v) is 1.47. The molecule has 0 saturated carbocycles. The Kier molecular flexibility index (Phi) is 3.87. The third kappa shape index (κ3) is 3.89. The number of sulfonamides is 1. The van der Waals surface area contributed by atoms with Crippen LogP contribution in [0.1, 0.15) is 0 Å². The van der Waals surface area contributed by atoms with E-state index in [0.717, 1.165) is 0 Å². The van der Waals surface area contributed by atoms with E-state index in [9.17, 15) is 13.2 Å². The van der Waals surface area contributed by atoms with Gasteiger partial charge in [-0.2, -0.15) is 0 Å². The van der Waals surface area contributed by atoms with E-state index < -0.39 is 16.0 Å². The molecule has 1 rings (SSSR count). The standard InChI is InChI=1S/C10H11NO5S/c1-7(10(12)13)6-16-8-2-4-9(5-3-8)17(11,14)15/h2-5H,1,6H2,(H,12,13)(H2,11,14,15). The highest BCUT2D eigenvalue weighted by Crippen LogP contribution is 2.15. The Bertz CT molecular complexity index is 532. The molecule has 92 valence electrons. The highest BCUT2D eigenvalue weighted by molar-refractivity contribution is 7.89. The number of rotatable bonds is 5. The van der Waals surface area contributed by atoms with Crippen LogP contribution in [0.5, 0.6) is 5.75 Å². The predicted octanol–water partition coefficient (Wildman–Crippen LogP) is 0.354. The Hall–Kier alpha value is -1.86. The summed E-state index contributed by atoms with van der Waals surface area (Å²) in [5.41, 5.74) is -0.0967. The summed E-state index contributed by atoms with van der Waals surface area (Å²) in [5, 5.41) is 13.4. The smallest absolute Gasteiger partial charge is 0.334 e. The quantitative estimate of drug-likeness (QED) is 0.740. The summed E-state index contributed by atoms with van der Waals surface area (Å²) in [4.78, 5) is 10.4. The molecule has 1 aromatic carbocycles. The first-order chi connectivity index (χ1) is 7.80. The summed E-state index contributed by atoms with van der Waals surface area (Å²) in [6.07, 6.45) is 0. The van der Waals surface area contributed by atoms with Crippen LogP contribution in [0.15, 0.2) is 41.3 Å². The molecule has 1 aromatic rings. The Morgan fingerprint density at radius 2 is 1.88 bits per heavy atom. The van der Waals surface area contributed by atoms with E-state index in [1.54, 1.807) is 0 Å². The number of carboxylic acid groups (broad SMARTS) is 1. The fourth-order valence-electron chi connectivity index (χ4n) is 0.958. The van der Waals surface area contributed by atoms with Gasteiger partial charge in [0.2, 0.25) is 10.0 Å². The number of benzene rings is 1. The second-order valence-electron chi connectivity index (χ2n) is 3.21. The van der Waals surface area contributed by atoms with Gasteiger partial charge in [0.05, 0.1) is 10.5 Å². The highest BCUT2D eigenvalue weighted by Gasteiger charge is 2.08. The molecular weight excluding hydrogens is 246 g/mol. The zero-order valence-electron chi connectivity index (χ0n) is 8.79. The van der Waals surface area contributed by atoms with Gasteiger partial charge in [0.15, 0.2) is 0 Å². The second-order valence-corrected chi connectivity index (χ2v) is 4.78. The van der Waals surface area contributed by atoms with E-state index >= 15 is 0 Å². The number of primary sulfonamides is 1. The molecule has 0 bridgehead atoms. The summed E-state index contributed by atoms with van der Waals surface area (Å²) >= 11 is 0. The van der Waals surface area contributed by atoms with Crippen LogP contribution in [0.4, 0.5) is 0 Å². The van der Waals surface area contributed by atoms with Gasteiger partial charge in [-0.05, 0) is 24.3 Å². The van der Waals surface area contributed by atoms with Gasteiger partial charge < -0.3 is 9.84 Å². The number of hydrogen-bond acceptors (Lipinski definition) is 4. The van der Waals surface area contributed by atoms with Crippen molar-refractivity contribution in [2.24, 2.45) is 5.14 Å². The van der Waals surface area contributed by atoms with Gasteiger partial charge in [0, 0.05) is 0 Å². The van der Waals surface area contributed by atoms with Crippen molar-refractivity contribution in [3.63, 3.8) is 0 Å². The Morgan fingerprint density at radius 1 is 1.35 bits per heavy atom. The van der Waals surface area contributed by atoms with Gasteiger partial charge in [0.25, 0.3) is 0 Å². The molecule has 6 nitrogen and oxygen atoms in total. The van der Waals surface area contributed by atoms with Crippen molar-refractivity contribution in [1.82, 2.24) is 0 Å². The molecule has 0 amide bonds. The van der Waals surface area contributed by atoms with E-state index in [4.69, 9.17) is 15.0 Å². The first kappa shape index (κ1) is 13.2. The van der Waals surface area contributed by atoms with Crippen LogP contribution in [0, 0.1) is 0 Å². The van der Waals surface area contributed by atoms with Crippen molar-refractivity contribution in [2.75, 3.05) is 6.61 Å². The monoisotopic (exact) mass is 257 g/mol. The SMILES string of the molecule is C=C(COc1ccc(S(N)(=O)=O)cc1)C(=O)O. The van der Waals surface area contributed by atoms with Crippen molar-refractivity contribution in [2.45, 2.75) is 4.90 Å². The lowest BCUT2D eigenvalue weighted by Gasteiger charge is -2.06.